The normalized spacial score (nSPS) is 11.0. The minimum atomic E-state index is -0.0987. The number of allylic oxidation sites excluding steroid dienone is 2. The third-order valence-electron chi connectivity index (χ3n) is 10.5. The summed E-state index contributed by atoms with van der Waals surface area (Å²) in [4.78, 5) is 49.6. The van der Waals surface area contributed by atoms with Crippen LogP contribution >= 0.6 is 11.3 Å². The third kappa shape index (κ3) is 7.32. The molecular weight excluding hydrogens is 767 g/mol. The zero-order chi connectivity index (χ0) is 40.5. The zero-order valence-electron chi connectivity index (χ0n) is 32.4. The van der Waals surface area contributed by atoms with Gasteiger partial charge < -0.3 is 24.8 Å². The van der Waals surface area contributed by atoms with Gasteiger partial charge in [-0.2, -0.15) is 0 Å². The number of aryl methyl sites for hydroxylation is 1. The summed E-state index contributed by atoms with van der Waals surface area (Å²) in [6.07, 6.45) is 3.62. The number of benzene rings is 6. The van der Waals surface area contributed by atoms with Crippen molar-refractivity contribution in [2.75, 3.05) is 0 Å². The minimum Gasteiger partial charge on any atom is -0.412 e. The number of carbonyl (C=O) groups excluding carboxylic acids is 4. The van der Waals surface area contributed by atoms with Crippen LogP contribution in [-0.4, -0.2) is 44.5 Å². The van der Waals surface area contributed by atoms with Gasteiger partial charge in [0.15, 0.2) is 11.6 Å². The van der Waals surface area contributed by atoms with Crippen LogP contribution in [0, 0.1) is 5.41 Å². The van der Waals surface area contributed by atoms with Gasteiger partial charge in [0.2, 0.25) is 5.78 Å². The number of hydrogen-bond acceptors (Lipinski definition) is 6. The van der Waals surface area contributed by atoms with Gasteiger partial charge in [-0.25, -0.2) is 0 Å². The molecule has 0 saturated carbocycles. The Bertz CT molecular complexity index is 3100. The van der Waals surface area contributed by atoms with Gasteiger partial charge in [-0.3, -0.25) is 14.4 Å². The van der Waals surface area contributed by atoms with E-state index < -0.39 is 0 Å². The number of thiophene rings is 1. The first-order chi connectivity index (χ1) is 28.3. The van der Waals surface area contributed by atoms with E-state index in [0.29, 0.717) is 38.4 Å². The summed E-state index contributed by atoms with van der Waals surface area (Å²) in [5, 5.41) is 14.2. The average molecular weight is 810 g/mol. The summed E-state index contributed by atoms with van der Waals surface area (Å²) in [5.41, 5.74) is 8.89. The Morgan fingerprint density at radius 1 is 0.583 bits per heavy atom. The van der Waals surface area contributed by atoms with Gasteiger partial charge in [-0.05, 0) is 122 Å². The molecule has 0 fully saturated rings. The highest BCUT2D eigenvalue weighted by atomic mass is 32.1. The van der Waals surface area contributed by atoms with Crippen LogP contribution in [0.5, 0.6) is 0 Å². The number of fused-ring (bicyclic) bond motifs is 6. The fraction of sp³-hybridized carbons (Fsp3) is 0.0784. The van der Waals surface area contributed by atoms with E-state index in [4.69, 9.17) is 10.2 Å². The molecule has 0 spiro atoms. The number of ketones is 3. The molecule has 60 heavy (non-hydrogen) atoms. The van der Waals surface area contributed by atoms with E-state index in [1.54, 1.807) is 6.08 Å². The molecule has 0 atom stereocenters. The highest BCUT2D eigenvalue weighted by Crippen LogP contribution is 2.35. The van der Waals surface area contributed by atoms with Crippen molar-refractivity contribution in [3.8, 4) is 5.69 Å². The molecule has 298 valence electrons. The number of hydrogen-bond donors (Lipinski definition) is 1. The van der Waals surface area contributed by atoms with Gasteiger partial charge in [0.25, 0.3) is 0 Å². The van der Waals surface area contributed by atoms with Crippen LogP contribution in [0.2, 0.25) is 0 Å². The molecule has 0 aliphatic carbocycles. The molecule has 6 aromatic carbocycles. The van der Waals surface area contributed by atoms with Crippen molar-refractivity contribution < 1.29 is 24.7 Å². The second kappa shape index (κ2) is 17.7. The Morgan fingerprint density at radius 3 is 1.53 bits per heavy atom. The van der Waals surface area contributed by atoms with E-state index in [1.165, 1.54) is 11.3 Å². The predicted octanol–water partition coefficient (Wildman–Crippen LogP) is 11.2. The van der Waals surface area contributed by atoms with Crippen LogP contribution < -0.4 is 0 Å². The summed E-state index contributed by atoms with van der Waals surface area (Å²) in [6.45, 7) is 6.73. The van der Waals surface area contributed by atoms with Crippen molar-refractivity contribution in [1.29, 1.82) is 5.41 Å². The minimum absolute atomic E-state index is 0. The van der Waals surface area contributed by atoms with Crippen LogP contribution in [0.1, 0.15) is 73.9 Å². The van der Waals surface area contributed by atoms with Crippen LogP contribution in [0.3, 0.4) is 0 Å². The summed E-state index contributed by atoms with van der Waals surface area (Å²) in [6, 6.07) is 44.0. The molecule has 9 rings (SSSR count). The molecule has 0 aliphatic rings. The Hall–Kier alpha value is -7.33. The Balaban J connectivity index is 0.00000149. The summed E-state index contributed by atoms with van der Waals surface area (Å²) in [7, 11) is 0. The highest BCUT2D eigenvalue weighted by molar-refractivity contribution is 7.12. The molecule has 9 heteroatoms. The first-order valence-electron chi connectivity index (χ1n) is 18.8. The first-order valence-corrected chi connectivity index (χ1v) is 19.7. The van der Waals surface area contributed by atoms with E-state index in [0.717, 1.165) is 61.4 Å². The lowest BCUT2D eigenvalue weighted by Gasteiger charge is -2.10. The standard InChI is InChI=1S/C49H35N3O3S.CH2O.CH4.H2O/c1-3-9-41(50)32-15-23-44-39(26-32)40-29-35(49(55)46-12-8-25-56-46)18-24-45(40)52(44)36-19-13-31(14-20-36)48(54)34-17-22-43-38(28-34)37-27-33(16-21-42(37)51(43)4-2)47(53)30-10-6-5-7-11-30;1-2;;/h3,5-29,50H,4H2,1-2H3;1H2;1H4;1H2. The second-order valence-electron chi connectivity index (χ2n) is 13.8. The molecule has 3 heterocycles. The topological polar surface area (TPSA) is 133 Å². The quantitative estimate of drug-likeness (QED) is 0.109. The molecule has 0 aliphatic heterocycles. The largest absolute Gasteiger partial charge is 0.412 e. The zero-order valence-corrected chi connectivity index (χ0v) is 33.2. The van der Waals surface area contributed by atoms with Gasteiger partial charge in [-0.15, -0.1) is 11.3 Å². The van der Waals surface area contributed by atoms with Gasteiger partial charge in [0, 0.05) is 78.2 Å². The molecule has 8 nitrogen and oxygen atoms in total. The Morgan fingerprint density at radius 2 is 1.03 bits per heavy atom. The summed E-state index contributed by atoms with van der Waals surface area (Å²) < 4.78 is 4.35. The molecular formula is C51H43N3O5S. The maximum absolute atomic E-state index is 14.1. The number of nitrogens with one attached hydrogen (secondary N) is 1. The van der Waals surface area contributed by atoms with Crippen LogP contribution in [0.25, 0.3) is 49.3 Å². The monoisotopic (exact) mass is 809 g/mol. The Kier molecular flexibility index (Phi) is 12.4. The molecule has 9 aromatic rings. The lowest BCUT2D eigenvalue weighted by Crippen LogP contribution is -2.02. The van der Waals surface area contributed by atoms with Crippen LogP contribution in [-0.2, 0) is 11.3 Å². The van der Waals surface area contributed by atoms with Crippen molar-refractivity contribution >= 4 is 84.8 Å². The van der Waals surface area contributed by atoms with Gasteiger partial charge in [-0.1, -0.05) is 56.0 Å². The van der Waals surface area contributed by atoms with Crippen molar-refractivity contribution in [3.63, 3.8) is 0 Å². The molecule has 3 N–H and O–H groups in total. The fourth-order valence-electron chi connectivity index (χ4n) is 7.84. The van der Waals surface area contributed by atoms with E-state index in [-0.39, 0.29) is 30.3 Å². The van der Waals surface area contributed by atoms with E-state index in [2.05, 4.69) is 16.1 Å². The Labute approximate surface area is 351 Å². The molecule has 0 saturated heterocycles. The van der Waals surface area contributed by atoms with Gasteiger partial charge in [0.1, 0.15) is 6.79 Å². The predicted molar refractivity (Wildman–Crippen MR) is 246 cm³/mol. The SMILES string of the molecule is C.C=O.CC=CC(=N)c1ccc2c(c1)c1cc(C(=O)c3cccs3)ccc1n2-c1ccc(C(=O)c2ccc3c(c2)c2cc(C(=O)c4ccccc4)ccc2n3CC)cc1.O. The maximum Gasteiger partial charge on any atom is 0.202 e. The van der Waals surface area contributed by atoms with Crippen molar-refractivity contribution in [1.82, 2.24) is 9.13 Å². The highest BCUT2D eigenvalue weighted by Gasteiger charge is 2.20. The number of nitrogens with zero attached hydrogens (tertiary/aromatic N) is 2. The second-order valence-corrected chi connectivity index (χ2v) is 14.7. The molecule has 0 bridgehead atoms. The van der Waals surface area contributed by atoms with Crippen LogP contribution in [0.15, 0.2) is 157 Å². The fourth-order valence-corrected chi connectivity index (χ4v) is 8.52. The average Bonchev–Trinajstić information content (AvgIpc) is 4.01. The molecule has 0 radical (unpaired) electrons. The lowest BCUT2D eigenvalue weighted by molar-refractivity contribution is -0.0980. The van der Waals surface area contributed by atoms with Crippen molar-refractivity contribution in [2.45, 2.75) is 27.8 Å². The van der Waals surface area contributed by atoms with E-state index >= 15 is 0 Å². The number of rotatable bonds is 10. The molecule has 3 aromatic heterocycles. The number of carbonyl (C=O) groups is 4. The number of aromatic nitrogens is 2. The first kappa shape index (κ1) is 42.3. The summed E-state index contributed by atoms with van der Waals surface area (Å²) in [5.74, 6) is -0.165. The van der Waals surface area contributed by atoms with Crippen molar-refractivity contribution in [2.24, 2.45) is 0 Å². The third-order valence-corrected chi connectivity index (χ3v) is 11.4. The van der Waals surface area contributed by atoms with E-state index in [1.807, 2.05) is 165 Å². The maximum atomic E-state index is 14.1. The van der Waals surface area contributed by atoms with Gasteiger partial charge >= 0.3 is 0 Å². The molecule has 0 unspecified atom stereocenters. The molecule has 0 amide bonds. The van der Waals surface area contributed by atoms with Crippen molar-refractivity contribution in [3.05, 3.63) is 195 Å². The summed E-state index contributed by atoms with van der Waals surface area (Å²) >= 11 is 1.42. The van der Waals surface area contributed by atoms with Gasteiger partial charge in [0.05, 0.1) is 21.6 Å². The van der Waals surface area contributed by atoms with Crippen LogP contribution in [0.4, 0.5) is 0 Å². The lowest BCUT2D eigenvalue weighted by atomic mass is 9.99. The van der Waals surface area contributed by atoms with E-state index in [9.17, 15) is 14.4 Å². The smallest absolute Gasteiger partial charge is 0.202 e.